The summed E-state index contributed by atoms with van der Waals surface area (Å²) in [5, 5.41) is 4.93. The van der Waals surface area contributed by atoms with Crippen LogP contribution in [0.5, 0.6) is 11.5 Å². The first-order chi connectivity index (χ1) is 17.6. The van der Waals surface area contributed by atoms with Crippen molar-refractivity contribution in [2.45, 2.75) is 6.54 Å². The van der Waals surface area contributed by atoms with Crippen LogP contribution in [0.25, 0.3) is 21.7 Å². The number of ketones is 1. The lowest BCUT2D eigenvalue weighted by molar-refractivity contribution is -0.116. The highest BCUT2D eigenvalue weighted by molar-refractivity contribution is 6.11. The third kappa shape index (κ3) is 3.84. The van der Waals surface area contributed by atoms with Crippen LogP contribution in [0.3, 0.4) is 0 Å². The number of benzene rings is 3. The molecule has 8 nitrogen and oxygen atoms in total. The molecule has 1 aliphatic heterocycles. The molecule has 0 aliphatic carbocycles. The first-order valence-corrected chi connectivity index (χ1v) is 11.3. The summed E-state index contributed by atoms with van der Waals surface area (Å²) in [5.41, 5.74) is 0.909. The number of fused-ring (bicyclic) bond motifs is 3. The molecule has 176 valence electrons. The molecule has 0 unspecified atom stereocenters. The number of pyridine rings is 2. The summed E-state index contributed by atoms with van der Waals surface area (Å²) in [6.45, 7) is -0.104. The van der Waals surface area contributed by atoms with E-state index in [-0.39, 0.29) is 30.2 Å². The minimum atomic E-state index is -0.439. The minimum absolute atomic E-state index is 0.0320. The lowest BCUT2D eigenvalue weighted by Crippen LogP contribution is -2.24. The van der Waals surface area contributed by atoms with E-state index >= 15 is 0 Å². The Balaban J connectivity index is 1.46. The van der Waals surface area contributed by atoms with E-state index in [2.05, 4.69) is 10.3 Å². The maximum absolute atomic E-state index is 13.5. The van der Waals surface area contributed by atoms with Crippen molar-refractivity contribution in [1.82, 2.24) is 9.55 Å². The first-order valence-electron chi connectivity index (χ1n) is 11.3. The largest absolute Gasteiger partial charge is 0.454 e. The van der Waals surface area contributed by atoms with Crippen LogP contribution in [0.2, 0.25) is 0 Å². The monoisotopic (exact) mass is 477 g/mol. The van der Waals surface area contributed by atoms with Crippen LogP contribution in [0.4, 0.5) is 5.69 Å². The molecule has 0 saturated carbocycles. The molecule has 8 heteroatoms. The van der Waals surface area contributed by atoms with Gasteiger partial charge in [-0.05, 0) is 35.0 Å². The maximum atomic E-state index is 13.5. The van der Waals surface area contributed by atoms with E-state index in [1.807, 2.05) is 30.3 Å². The van der Waals surface area contributed by atoms with Gasteiger partial charge in [0.1, 0.15) is 6.54 Å². The van der Waals surface area contributed by atoms with Gasteiger partial charge in [-0.1, -0.05) is 36.4 Å². The minimum Gasteiger partial charge on any atom is -0.454 e. The number of hydrogen-bond acceptors (Lipinski definition) is 6. The number of carbonyl (C=O) groups is 2. The van der Waals surface area contributed by atoms with Gasteiger partial charge in [0.2, 0.25) is 18.1 Å². The number of ether oxygens (including phenoxy) is 2. The van der Waals surface area contributed by atoms with Crippen molar-refractivity contribution in [2.75, 3.05) is 12.1 Å². The van der Waals surface area contributed by atoms with Crippen molar-refractivity contribution in [3.8, 4) is 11.5 Å². The maximum Gasteiger partial charge on any atom is 0.244 e. The Morgan fingerprint density at radius 3 is 2.56 bits per heavy atom. The molecule has 0 spiro atoms. The number of aromatic nitrogens is 2. The Morgan fingerprint density at radius 2 is 1.75 bits per heavy atom. The Labute approximate surface area is 204 Å². The molecule has 0 bridgehead atoms. The van der Waals surface area contributed by atoms with Crippen molar-refractivity contribution in [3.63, 3.8) is 0 Å². The molecule has 0 atom stereocenters. The van der Waals surface area contributed by atoms with E-state index < -0.39 is 11.2 Å². The molecule has 1 aliphatic rings. The molecule has 0 fully saturated rings. The summed E-state index contributed by atoms with van der Waals surface area (Å²) < 4.78 is 12.5. The van der Waals surface area contributed by atoms with E-state index in [9.17, 15) is 14.4 Å². The fraction of sp³-hybridized carbons (Fsp3) is 0.0714. The van der Waals surface area contributed by atoms with Gasteiger partial charge in [-0.3, -0.25) is 19.4 Å². The highest BCUT2D eigenvalue weighted by Gasteiger charge is 2.22. The van der Waals surface area contributed by atoms with Gasteiger partial charge in [-0.25, -0.2) is 0 Å². The fourth-order valence-electron chi connectivity index (χ4n) is 4.35. The van der Waals surface area contributed by atoms with Gasteiger partial charge >= 0.3 is 0 Å². The van der Waals surface area contributed by atoms with Crippen LogP contribution < -0.4 is 20.2 Å². The Kier molecular flexibility index (Phi) is 5.19. The molecule has 1 amide bonds. The van der Waals surface area contributed by atoms with Crippen LogP contribution in [0, 0.1) is 0 Å². The summed E-state index contributed by atoms with van der Waals surface area (Å²) in [6.07, 6.45) is 4.58. The smallest absolute Gasteiger partial charge is 0.244 e. The third-order valence-corrected chi connectivity index (χ3v) is 6.09. The average molecular weight is 477 g/mol. The number of hydrogen-bond donors (Lipinski definition) is 1. The lowest BCUT2D eigenvalue weighted by atomic mass is 9.99. The van der Waals surface area contributed by atoms with Gasteiger partial charge in [-0.2, -0.15) is 0 Å². The summed E-state index contributed by atoms with van der Waals surface area (Å²) in [5.74, 6) is 0.125. The van der Waals surface area contributed by atoms with Crippen LogP contribution >= 0.6 is 0 Å². The molecule has 2 aromatic heterocycles. The van der Waals surface area contributed by atoms with Crippen LogP contribution in [-0.4, -0.2) is 28.0 Å². The second-order valence-electron chi connectivity index (χ2n) is 8.40. The van der Waals surface area contributed by atoms with Gasteiger partial charge in [0.25, 0.3) is 0 Å². The van der Waals surface area contributed by atoms with Crippen molar-refractivity contribution in [2.24, 2.45) is 0 Å². The van der Waals surface area contributed by atoms with E-state index in [1.54, 1.807) is 47.2 Å². The number of nitrogens with one attached hydrogen (secondary N) is 1. The molecular weight excluding hydrogens is 458 g/mol. The number of nitrogens with zero attached hydrogens (tertiary/aromatic N) is 2. The SMILES string of the molecule is O=C(Cn1cc(C(=O)c2ccc3ccccc3c2)c(=O)c2cc3c(cc21)OCO3)Nc1cccnc1. The van der Waals surface area contributed by atoms with E-state index in [0.29, 0.717) is 28.3 Å². The first kappa shape index (κ1) is 21.5. The van der Waals surface area contributed by atoms with Gasteiger partial charge in [-0.15, -0.1) is 0 Å². The zero-order chi connectivity index (χ0) is 24.6. The van der Waals surface area contributed by atoms with Gasteiger partial charge in [0.15, 0.2) is 17.3 Å². The average Bonchev–Trinajstić information content (AvgIpc) is 3.37. The topological polar surface area (TPSA) is 99.5 Å². The zero-order valence-electron chi connectivity index (χ0n) is 18.9. The van der Waals surface area contributed by atoms with E-state index in [0.717, 1.165) is 10.8 Å². The van der Waals surface area contributed by atoms with Gasteiger partial charge in [0, 0.05) is 24.0 Å². The summed E-state index contributed by atoms with van der Waals surface area (Å²) in [4.78, 5) is 43.9. The molecule has 5 aromatic rings. The zero-order valence-corrected chi connectivity index (χ0v) is 18.9. The van der Waals surface area contributed by atoms with Gasteiger partial charge < -0.3 is 19.4 Å². The second kappa shape index (κ2) is 8.66. The highest BCUT2D eigenvalue weighted by atomic mass is 16.7. The van der Waals surface area contributed by atoms with Gasteiger partial charge in [0.05, 0.1) is 28.4 Å². The van der Waals surface area contributed by atoms with E-state index in [4.69, 9.17) is 9.47 Å². The highest BCUT2D eigenvalue weighted by Crippen LogP contribution is 2.35. The number of amides is 1. The Bertz CT molecular complexity index is 1730. The predicted molar refractivity (Wildman–Crippen MR) is 135 cm³/mol. The van der Waals surface area contributed by atoms with Crippen LogP contribution in [0.15, 0.2) is 90.1 Å². The standard InChI is InChI=1S/C28H19N3O5/c32-26(30-20-6-3-9-29-13-20)15-31-14-22(27(33)19-8-7-17-4-1-2-5-18(17)10-19)28(34)21-11-24-25(12-23(21)31)36-16-35-24/h1-14H,15-16H2,(H,30,32). The number of anilines is 1. The van der Waals surface area contributed by atoms with Crippen molar-refractivity contribution in [1.29, 1.82) is 0 Å². The second-order valence-corrected chi connectivity index (χ2v) is 8.40. The molecule has 6 rings (SSSR count). The van der Waals surface area contributed by atoms with Crippen LogP contribution in [0.1, 0.15) is 15.9 Å². The molecule has 0 radical (unpaired) electrons. The third-order valence-electron chi connectivity index (χ3n) is 6.09. The summed E-state index contributed by atoms with van der Waals surface area (Å²) in [7, 11) is 0. The normalized spacial score (nSPS) is 12.1. The van der Waals surface area contributed by atoms with Crippen LogP contribution in [-0.2, 0) is 11.3 Å². The molecule has 1 N–H and O–H groups in total. The van der Waals surface area contributed by atoms with Crippen molar-refractivity contribution in [3.05, 3.63) is 107 Å². The number of carbonyl (C=O) groups excluding carboxylic acids is 2. The van der Waals surface area contributed by atoms with Crippen molar-refractivity contribution >= 4 is 39.1 Å². The quantitative estimate of drug-likeness (QED) is 0.382. The summed E-state index contributed by atoms with van der Waals surface area (Å²) >= 11 is 0. The lowest BCUT2D eigenvalue weighted by Gasteiger charge is -2.14. The Morgan fingerprint density at radius 1 is 0.944 bits per heavy atom. The van der Waals surface area contributed by atoms with E-state index in [1.165, 1.54) is 12.4 Å². The summed E-state index contributed by atoms with van der Waals surface area (Å²) in [6, 6.07) is 19.6. The molecule has 0 saturated heterocycles. The molecule has 3 heterocycles. The number of rotatable bonds is 5. The molecule has 36 heavy (non-hydrogen) atoms. The fourth-order valence-corrected chi connectivity index (χ4v) is 4.35. The predicted octanol–water partition coefficient (Wildman–Crippen LogP) is 4.15. The van der Waals surface area contributed by atoms with Crippen molar-refractivity contribution < 1.29 is 19.1 Å². The molecular formula is C28H19N3O5. The molecule has 3 aromatic carbocycles. The Hall–Kier alpha value is -4.98.